The van der Waals surface area contributed by atoms with E-state index in [1.807, 2.05) is 17.5 Å². The number of carboxylic acid groups (broad SMARTS) is 1. The van der Waals surface area contributed by atoms with E-state index >= 15 is 0 Å². The standard InChI is InChI=1S/C13H12N4O3S/c1-2-8(13(18)19)20-11-6-5-10-14-15-12(17(10)16-11)9-4-3-7-21-9/h3-8H,2H2,1H3,(H,18,19). The van der Waals surface area contributed by atoms with Gasteiger partial charge < -0.3 is 9.84 Å². The highest BCUT2D eigenvalue weighted by Gasteiger charge is 2.18. The molecular weight excluding hydrogens is 292 g/mol. The zero-order chi connectivity index (χ0) is 14.8. The van der Waals surface area contributed by atoms with Gasteiger partial charge in [0.1, 0.15) is 0 Å². The van der Waals surface area contributed by atoms with Crippen LogP contribution in [0.3, 0.4) is 0 Å². The van der Waals surface area contributed by atoms with Gasteiger partial charge in [-0.25, -0.2) is 4.79 Å². The van der Waals surface area contributed by atoms with Gasteiger partial charge in [0.05, 0.1) is 4.88 Å². The number of carbonyl (C=O) groups is 1. The number of aromatic nitrogens is 4. The number of fused-ring (bicyclic) bond motifs is 1. The van der Waals surface area contributed by atoms with E-state index < -0.39 is 12.1 Å². The first kappa shape index (κ1) is 13.5. The molecule has 1 N–H and O–H groups in total. The van der Waals surface area contributed by atoms with Crippen LogP contribution in [-0.2, 0) is 4.79 Å². The molecule has 3 rings (SSSR count). The van der Waals surface area contributed by atoms with Gasteiger partial charge in [0.25, 0.3) is 0 Å². The van der Waals surface area contributed by atoms with Crippen LogP contribution in [0.2, 0.25) is 0 Å². The molecule has 0 fully saturated rings. The van der Waals surface area contributed by atoms with Crippen LogP contribution in [0.1, 0.15) is 13.3 Å². The van der Waals surface area contributed by atoms with Gasteiger partial charge in [-0.1, -0.05) is 13.0 Å². The van der Waals surface area contributed by atoms with Crippen molar-refractivity contribution in [1.82, 2.24) is 19.8 Å². The summed E-state index contributed by atoms with van der Waals surface area (Å²) in [6.45, 7) is 1.74. The predicted octanol–water partition coefficient (Wildman–Crippen LogP) is 2.09. The van der Waals surface area contributed by atoms with Crippen molar-refractivity contribution >= 4 is 23.0 Å². The zero-order valence-electron chi connectivity index (χ0n) is 11.1. The van der Waals surface area contributed by atoms with Gasteiger partial charge in [-0.15, -0.1) is 26.6 Å². The molecule has 0 aliphatic heterocycles. The monoisotopic (exact) mass is 304 g/mol. The van der Waals surface area contributed by atoms with Crippen LogP contribution < -0.4 is 4.74 Å². The van der Waals surface area contributed by atoms with Crippen molar-refractivity contribution < 1.29 is 14.6 Å². The Kier molecular flexibility index (Phi) is 3.53. The second kappa shape index (κ2) is 5.49. The van der Waals surface area contributed by atoms with Gasteiger partial charge in [-0.2, -0.15) is 4.52 Å². The summed E-state index contributed by atoms with van der Waals surface area (Å²) in [5.74, 6) is -0.176. The fourth-order valence-corrected chi connectivity index (χ4v) is 2.54. The van der Waals surface area contributed by atoms with E-state index in [1.54, 1.807) is 23.6 Å². The van der Waals surface area contributed by atoms with Crippen molar-refractivity contribution in [3.8, 4) is 16.6 Å². The Morgan fingerprint density at radius 3 is 2.95 bits per heavy atom. The molecule has 0 saturated carbocycles. The first-order valence-corrected chi connectivity index (χ1v) is 7.23. The highest BCUT2D eigenvalue weighted by Crippen LogP contribution is 2.23. The number of rotatable bonds is 5. The lowest BCUT2D eigenvalue weighted by atomic mass is 10.3. The molecule has 3 aromatic heterocycles. The van der Waals surface area contributed by atoms with E-state index in [2.05, 4.69) is 15.3 Å². The number of ether oxygens (including phenoxy) is 1. The maximum Gasteiger partial charge on any atom is 0.344 e. The van der Waals surface area contributed by atoms with Crippen molar-refractivity contribution in [2.24, 2.45) is 0 Å². The molecule has 3 aromatic rings. The smallest absolute Gasteiger partial charge is 0.344 e. The topological polar surface area (TPSA) is 89.6 Å². The molecule has 0 amide bonds. The van der Waals surface area contributed by atoms with Gasteiger partial charge in [-0.05, 0) is 23.9 Å². The molecule has 3 heterocycles. The molecule has 0 saturated heterocycles. The average molecular weight is 304 g/mol. The highest BCUT2D eigenvalue weighted by molar-refractivity contribution is 7.13. The third-order valence-electron chi connectivity index (χ3n) is 2.89. The second-order valence-corrected chi connectivity index (χ2v) is 5.24. The summed E-state index contributed by atoms with van der Waals surface area (Å²) in [5.41, 5.74) is 0.578. The fraction of sp³-hybridized carbons (Fsp3) is 0.231. The minimum absolute atomic E-state index is 0.231. The number of nitrogens with zero attached hydrogens (tertiary/aromatic N) is 4. The van der Waals surface area contributed by atoms with Crippen molar-refractivity contribution in [1.29, 1.82) is 0 Å². The van der Waals surface area contributed by atoms with Crippen molar-refractivity contribution in [3.63, 3.8) is 0 Å². The lowest BCUT2D eigenvalue weighted by Crippen LogP contribution is -2.26. The summed E-state index contributed by atoms with van der Waals surface area (Å²) in [6, 6.07) is 7.12. The molecule has 0 aliphatic carbocycles. The summed E-state index contributed by atoms with van der Waals surface area (Å²) in [6.07, 6.45) is -0.564. The first-order chi connectivity index (χ1) is 10.2. The van der Waals surface area contributed by atoms with Crippen LogP contribution in [0.4, 0.5) is 0 Å². The molecule has 0 spiro atoms. The molecular formula is C13H12N4O3S. The van der Waals surface area contributed by atoms with Gasteiger partial charge in [0.2, 0.25) is 5.88 Å². The number of carboxylic acids is 1. The van der Waals surface area contributed by atoms with E-state index in [4.69, 9.17) is 9.84 Å². The molecule has 0 aliphatic rings. The van der Waals surface area contributed by atoms with Crippen molar-refractivity contribution in [3.05, 3.63) is 29.6 Å². The second-order valence-electron chi connectivity index (χ2n) is 4.30. The van der Waals surface area contributed by atoms with E-state index in [0.29, 0.717) is 17.9 Å². The number of hydrogen-bond acceptors (Lipinski definition) is 6. The zero-order valence-corrected chi connectivity index (χ0v) is 11.9. The largest absolute Gasteiger partial charge is 0.479 e. The molecule has 1 unspecified atom stereocenters. The van der Waals surface area contributed by atoms with E-state index in [1.165, 1.54) is 11.3 Å². The van der Waals surface area contributed by atoms with Gasteiger partial charge in [0, 0.05) is 6.07 Å². The maximum atomic E-state index is 11.0. The van der Waals surface area contributed by atoms with Crippen molar-refractivity contribution in [2.75, 3.05) is 0 Å². The van der Waals surface area contributed by atoms with Crippen LogP contribution >= 0.6 is 11.3 Å². The maximum absolute atomic E-state index is 11.0. The summed E-state index contributed by atoms with van der Waals surface area (Å²) < 4.78 is 6.94. The van der Waals surface area contributed by atoms with Crippen molar-refractivity contribution in [2.45, 2.75) is 19.4 Å². The Bertz CT molecular complexity index is 769. The highest BCUT2D eigenvalue weighted by atomic mass is 32.1. The molecule has 7 nitrogen and oxygen atoms in total. The van der Waals surface area contributed by atoms with Gasteiger partial charge >= 0.3 is 5.97 Å². The fourth-order valence-electron chi connectivity index (χ4n) is 1.85. The number of aliphatic carboxylic acids is 1. The lowest BCUT2D eigenvalue weighted by molar-refractivity contribution is -0.145. The van der Waals surface area contributed by atoms with Gasteiger partial charge in [-0.3, -0.25) is 0 Å². The molecule has 108 valence electrons. The summed E-state index contributed by atoms with van der Waals surface area (Å²) in [7, 11) is 0. The van der Waals surface area contributed by atoms with E-state index in [-0.39, 0.29) is 5.88 Å². The molecule has 1 atom stereocenters. The minimum atomic E-state index is -1.01. The van der Waals surface area contributed by atoms with Crippen LogP contribution in [0, 0.1) is 0 Å². The Hall–Kier alpha value is -2.48. The minimum Gasteiger partial charge on any atom is -0.479 e. The Morgan fingerprint density at radius 2 is 2.29 bits per heavy atom. The normalized spacial score (nSPS) is 12.4. The molecule has 0 radical (unpaired) electrons. The van der Waals surface area contributed by atoms with Crippen LogP contribution in [0.5, 0.6) is 5.88 Å². The SMILES string of the molecule is CCC(Oc1ccc2nnc(-c3cccs3)n2n1)C(=O)O. The molecule has 0 bridgehead atoms. The van der Waals surface area contributed by atoms with Crippen LogP contribution in [-0.4, -0.2) is 37.0 Å². The lowest BCUT2D eigenvalue weighted by Gasteiger charge is -2.11. The quantitative estimate of drug-likeness (QED) is 0.776. The third kappa shape index (κ3) is 2.57. The molecule has 0 aromatic carbocycles. The van der Waals surface area contributed by atoms with Crippen LogP contribution in [0.15, 0.2) is 29.6 Å². The predicted molar refractivity (Wildman–Crippen MR) is 76.4 cm³/mol. The summed E-state index contributed by atoms with van der Waals surface area (Å²) >= 11 is 1.53. The third-order valence-corrected chi connectivity index (χ3v) is 3.75. The average Bonchev–Trinajstić information content (AvgIpc) is 3.12. The number of thiophene rings is 1. The Morgan fingerprint density at radius 1 is 1.43 bits per heavy atom. The van der Waals surface area contributed by atoms with Gasteiger partial charge in [0.15, 0.2) is 17.6 Å². The summed E-state index contributed by atoms with van der Waals surface area (Å²) in [5, 5.41) is 23.4. The van der Waals surface area contributed by atoms with E-state index in [0.717, 1.165) is 4.88 Å². The Balaban J connectivity index is 1.99. The first-order valence-electron chi connectivity index (χ1n) is 6.35. The molecule has 8 heteroatoms. The van der Waals surface area contributed by atoms with E-state index in [9.17, 15) is 4.79 Å². The van der Waals surface area contributed by atoms with Crippen LogP contribution in [0.25, 0.3) is 16.3 Å². The summed E-state index contributed by atoms with van der Waals surface area (Å²) in [4.78, 5) is 11.9. The number of hydrogen-bond donors (Lipinski definition) is 1. The Labute approximate surface area is 123 Å². The molecule has 21 heavy (non-hydrogen) atoms.